The first-order valence-corrected chi connectivity index (χ1v) is 7.80. The number of rotatable bonds is 4. The maximum Gasteiger partial charge on any atom is 0.270 e. The molecule has 1 aliphatic heterocycles. The van der Waals surface area contributed by atoms with Crippen LogP contribution in [0.3, 0.4) is 0 Å². The minimum absolute atomic E-state index is 0.0293. The monoisotopic (exact) mass is 399 g/mol. The summed E-state index contributed by atoms with van der Waals surface area (Å²) in [6.45, 7) is 0.477. The van der Waals surface area contributed by atoms with Crippen LogP contribution in [0.1, 0.15) is 11.1 Å². The number of nitro benzene ring substituents is 1. The van der Waals surface area contributed by atoms with E-state index in [1.807, 2.05) is 0 Å². The second-order valence-corrected chi connectivity index (χ2v) is 6.15. The van der Waals surface area contributed by atoms with Crippen LogP contribution in [0.25, 0.3) is 0 Å². The lowest BCUT2D eigenvalue weighted by molar-refractivity contribution is -0.385. The van der Waals surface area contributed by atoms with Crippen molar-refractivity contribution in [3.05, 3.63) is 61.1 Å². The second kappa shape index (κ2) is 6.74. The Hall–Kier alpha value is -1.83. The van der Waals surface area contributed by atoms with Gasteiger partial charge >= 0.3 is 0 Å². The highest BCUT2D eigenvalue weighted by Crippen LogP contribution is 2.34. The fourth-order valence-electron chi connectivity index (χ4n) is 2.24. The summed E-state index contributed by atoms with van der Waals surface area (Å²) in [5.41, 5.74) is 1.18. The third-order valence-electron chi connectivity index (χ3n) is 3.26. The van der Waals surface area contributed by atoms with E-state index in [0.29, 0.717) is 27.6 Å². The predicted molar refractivity (Wildman–Crippen MR) is 86.9 cm³/mol. The van der Waals surface area contributed by atoms with E-state index in [1.165, 1.54) is 12.1 Å². The van der Waals surface area contributed by atoms with Gasteiger partial charge in [0.05, 0.1) is 16.6 Å². The molecule has 0 saturated carbocycles. The smallest absolute Gasteiger partial charge is 0.270 e. The van der Waals surface area contributed by atoms with Crippen LogP contribution in [0, 0.1) is 10.1 Å². The molecule has 3 rings (SSSR count). The summed E-state index contributed by atoms with van der Waals surface area (Å²) in [7, 11) is 0. The van der Waals surface area contributed by atoms with Gasteiger partial charge in [-0.3, -0.25) is 10.1 Å². The summed E-state index contributed by atoms with van der Waals surface area (Å²) in [5, 5.41) is 11.5. The van der Waals surface area contributed by atoms with Crippen molar-refractivity contribution < 1.29 is 19.1 Å². The standard InChI is InChI=1S/C15H11BrClNO5/c16-11-1-2-14(13(17)5-11)22-7-10-4-12(18(19)20)3-9-6-21-8-23-15(9)10/h1-5H,6-8H2. The molecule has 0 fully saturated rings. The molecular weight excluding hydrogens is 390 g/mol. The summed E-state index contributed by atoms with van der Waals surface area (Å²) >= 11 is 9.42. The second-order valence-electron chi connectivity index (χ2n) is 4.82. The molecule has 1 heterocycles. The van der Waals surface area contributed by atoms with Gasteiger partial charge in [-0.05, 0) is 18.2 Å². The molecule has 1 aliphatic rings. The van der Waals surface area contributed by atoms with Gasteiger partial charge in [-0.25, -0.2) is 0 Å². The molecule has 0 radical (unpaired) electrons. The number of halogens is 2. The van der Waals surface area contributed by atoms with E-state index in [4.69, 9.17) is 25.8 Å². The molecule has 0 aromatic heterocycles. The normalized spacial score (nSPS) is 13.1. The molecular formula is C15H11BrClNO5. The zero-order valence-electron chi connectivity index (χ0n) is 11.8. The number of nitrogens with zero attached hydrogens (tertiary/aromatic N) is 1. The number of hydrogen-bond acceptors (Lipinski definition) is 5. The molecule has 0 spiro atoms. The molecule has 0 amide bonds. The number of nitro groups is 1. The lowest BCUT2D eigenvalue weighted by Gasteiger charge is -2.20. The molecule has 2 aromatic rings. The lowest BCUT2D eigenvalue weighted by atomic mass is 10.1. The topological polar surface area (TPSA) is 70.8 Å². The summed E-state index contributed by atoms with van der Waals surface area (Å²) in [5.74, 6) is 1.05. The summed E-state index contributed by atoms with van der Waals surface area (Å²) in [6, 6.07) is 8.13. The SMILES string of the molecule is O=[N+]([O-])c1cc2c(c(COc3ccc(Br)cc3Cl)c1)OCOC2. The average molecular weight is 401 g/mol. The molecule has 0 N–H and O–H groups in total. The van der Waals surface area contributed by atoms with Gasteiger partial charge in [-0.1, -0.05) is 27.5 Å². The van der Waals surface area contributed by atoms with Crippen molar-refractivity contribution in [2.24, 2.45) is 0 Å². The quantitative estimate of drug-likeness (QED) is 0.560. The Bertz CT molecular complexity index is 768. The maximum atomic E-state index is 11.1. The van der Waals surface area contributed by atoms with Gasteiger partial charge < -0.3 is 14.2 Å². The van der Waals surface area contributed by atoms with Crippen LogP contribution in [0.5, 0.6) is 11.5 Å². The first-order valence-electron chi connectivity index (χ1n) is 6.63. The molecule has 0 bridgehead atoms. The molecule has 6 nitrogen and oxygen atoms in total. The Morgan fingerprint density at radius 1 is 1.35 bits per heavy atom. The van der Waals surface area contributed by atoms with Gasteiger partial charge in [0.2, 0.25) is 0 Å². The average Bonchev–Trinajstić information content (AvgIpc) is 2.53. The van der Waals surface area contributed by atoms with Crippen molar-refractivity contribution in [3.63, 3.8) is 0 Å². The third kappa shape index (κ3) is 3.57. The molecule has 2 aromatic carbocycles. The van der Waals surface area contributed by atoms with Crippen LogP contribution in [-0.4, -0.2) is 11.7 Å². The van der Waals surface area contributed by atoms with Gasteiger partial charge in [0.15, 0.2) is 6.79 Å². The molecule has 23 heavy (non-hydrogen) atoms. The highest BCUT2D eigenvalue weighted by Gasteiger charge is 2.21. The van der Waals surface area contributed by atoms with Gasteiger partial charge in [0.1, 0.15) is 18.1 Å². The summed E-state index contributed by atoms with van der Waals surface area (Å²) in [4.78, 5) is 10.6. The molecule has 120 valence electrons. The zero-order chi connectivity index (χ0) is 16.4. The maximum absolute atomic E-state index is 11.1. The minimum Gasteiger partial charge on any atom is -0.487 e. The first kappa shape index (κ1) is 16.0. The highest BCUT2D eigenvalue weighted by molar-refractivity contribution is 9.10. The Kier molecular flexibility index (Phi) is 4.70. The fraction of sp³-hybridized carbons (Fsp3) is 0.200. The van der Waals surface area contributed by atoms with Crippen LogP contribution < -0.4 is 9.47 Å². The number of non-ortho nitro benzene ring substituents is 1. The van der Waals surface area contributed by atoms with Crippen LogP contribution in [-0.2, 0) is 18.0 Å². The first-order chi connectivity index (χ1) is 11.0. The van der Waals surface area contributed by atoms with Gasteiger partial charge in [0, 0.05) is 27.7 Å². The Balaban J connectivity index is 1.89. The third-order valence-corrected chi connectivity index (χ3v) is 4.05. The van der Waals surface area contributed by atoms with Gasteiger partial charge in [-0.15, -0.1) is 0 Å². The highest BCUT2D eigenvalue weighted by atomic mass is 79.9. The van der Waals surface area contributed by atoms with Crippen molar-refractivity contribution in [1.82, 2.24) is 0 Å². The largest absolute Gasteiger partial charge is 0.487 e. The van der Waals surface area contributed by atoms with Crippen LogP contribution in [0.15, 0.2) is 34.8 Å². The Morgan fingerprint density at radius 2 is 2.17 bits per heavy atom. The van der Waals surface area contributed by atoms with E-state index in [2.05, 4.69) is 15.9 Å². The van der Waals surface area contributed by atoms with Crippen molar-refractivity contribution in [3.8, 4) is 11.5 Å². The molecule has 0 saturated heterocycles. The van der Waals surface area contributed by atoms with Gasteiger partial charge in [-0.2, -0.15) is 0 Å². The van der Waals surface area contributed by atoms with Crippen LogP contribution in [0.4, 0.5) is 5.69 Å². The minimum atomic E-state index is -0.453. The van der Waals surface area contributed by atoms with Crippen LogP contribution in [0.2, 0.25) is 5.02 Å². The van der Waals surface area contributed by atoms with Crippen molar-refractivity contribution in [1.29, 1.82) is 0 Å². The number of hydrogen-bond donors (Lipinski definition) is 0. The van der Waals surface area contributed by atoms with Gasteiger partial charge in [0.25, 0.3) is 5.69 Å². The van der Waals surface area contributed by atoms with E-state index < -0.39 is 4.92 Å². The molecule has 0 unspecified atom stereocenters. The van der Waals surface area contributed by atoms with E-state index in [0.717, 1.165) is 4.47 Å². The molecule has 0 atom stereocenters. The molecule has 8 heteroatoms. The van der Waals surface area contributed by atoms with E-state index in [1.54, 1.807) is 18.2 Å². The number of fused-ring (bicyclic) bond motifs is 1. The lowest BCUT2D eigenvalue weighted by Crippen LogP contribution is -2.14. The van der Waals surface area contributed by atoms with E-state index in [9.17, 15) is 10.1 Å². The predicted octanol–water partition coefficient (Wildman–Crippen LogP) is 4.46. The van der Waals surface area contributed by atoms with E-state index in [-0.39, 0.29) is 25.7 Å². The summed E-state index contributed by atoms with van der Waals surface area (Å²) in [6.07, 6.45) is 0. The number of ether oxygens (including phenoxy) is 3. The Morgan fingerprint density at radius 3 is 2.91 bits per heavy atom. The summed E-state index contributed by atoms with van der Waals surface area (Å²) < 4.78 is 17.1. The Labute approximate surface area is 145 Å². The molecule has 0 aliphatic carbocycles. The van der Waals surface area contributed by atoms with Crippen molar-refractivity contribution >= 4 is 33.2 Å². The van der Waals surface area contributed by atoms with E-state index >= 15 is 0 Å². The fourth-order valence-corrected chi connectivity index (χ4v) is 2.97. The van der Waals surface area contributed by atoms with Crippen LogP contribution >= 0.6 is 27.5 Å². The zero-order valence-corrected chi connectivity index (χ0v) is 14.1. The van der Waals surface area contributed by atoms with Crippen molar-refractivity contribution in [2.45, 2.75) is 13.2 Å². The van der Waals surface area contributed by atoms with Crippen molar-refractivity contribution in [2.75, 3.05) is 6.79 Å². The number of benzene rings is 2.